The fraction of sp³-hybridized carbons (Fsp3) is 0.429. The predicted molar refractivity (Wildman–Crippen MR) is 49.4 cm³/mol. The molecule has 9 nitrogen and oxygen atoms in total. The quantitative estimate of drug-likeness (QED) is 0.347. The monoisotopic (exact) mass is 233 g/mol. The van der Waals surface area contributed by atoms with Crippen LogP contribution >= 0.6 is 0 Å². The van der Waals surface area contributed by atoms with Gasteiger partial charge in [0.15, 0.2) is 0 Å². The molecule has 9 heteroatoms. The standard InChI is InChI=1S/C7H11N3O6/c8-4(11)2-9-7(16)10-3(6(14)15)1-5(12)13/h3H,1-2H2,(H2,8,11)(H,12,13)(H,14,15)(H2,9,10,16). The van der Waals surface area contributed by atoms with E-state index < -0.39 is 42.9 Å². The van der Waals surface area contributed by atoms with Gasteiger partial charge in [0.05, 0.1) is 13.0 Å². The van der Waals surface area contributed by atoms with Crippen LogP contribution in [-0.2, 0) is 14.4 Å². The first-order chi connectivity index (χ1) is 7.32. The number of hydrogen-bond donors (Lipinski definition) is 5. The molecule has 0 bridgehead atoms. The van der Waals surface area contributed by atoms with Gasteiger partial charge >= 0.3 is 18.0 Å². The van der Waals surface area contributed by atoms with Crippen LogP contribution in [0.5, 0.6) is 0 Å². The Hall–Kier alpha value is -2.32. The van der Waals surface area contributed by atoms with Crippen LogP contribution in [0.4, 0.5) is 4.79 Å². The lowest BCUT2D eigenvalue weighted by atomic mass is 10.2. The number of amides is 3. The Morgan fingerprint density at radius 3 is 2.12 bits per heavy atom. The van der Waals surface area contributed by atoms with Gasteiger partial charge in [0.25, 0.3) is 0 Å². The number of aliphatic carboxylic acids is 2. The molecule has 3 amide bonds. The van der Waals surface area contributed by atoms with Crippen molar-refractivity contribution in [3.8, 4) is 0 Å². The van der Waals surface area contributed by atoms with Crippen LogP contribution in [0.3, 0.4) is 0 Å². The number of hydrogen-bond acceptors (Lipinski definition) is 4. The lowest BCUT2D eigenvalue weighted by molar-refractivity contribution is -0.145. The van der Waals surface area contributed by atoms with E-state index in [1.54, 1.807) is 0 Å². The lowest BCUT2D eigenvalue weighted by Gasteiger charge is -2.12. The van der Waals surface area contributed by atoms with Crippen molar-refractivity contribution in [3.05, 3.63) is 0 Å². The minimum atomic E-state index is -1.56. The van der Waals surface area contributed by atoms with E-state index in [4.69, 9.17) is 15.9 Å². The minimum absolute atomic E-state index is 0.467. The van der Waals surface area contributed by atoms with E-state index in [9.17, 15) is 19.2 Å². The normalized spacial score (nSPS) is 11.2. The largest absolute Gasteiger partial charge is 0.481 e. The number of carboxylic acids is 2. The van der Waals surface area contributed by atoms with Crippen LogP contribution in [0.25, 0.3) is 0 Å². The van der Waals surface area contributed by atoms with Gasteiger partial charge in [-0.25, -0.2) is 9.59 Å². The van der Waals surface area contributed by atoms with Gasteiger partial charge in [-0.05, 0) is 0 Å². The highest BCUT2D eigenvalue weighted by Crippen LogP contribution is 1.92. The van der Waals surface area contributed by atoms with Gasteiger partial charge in [-0.2, -0.15) is 0 Å². The molecule has 0 radical (unpaired) electrons. The highest BCUT2D eigenvalue weighted by molar-refractivity contribution is 5.88. The first-order valence-electron chi connectivity index (χ1n) is 4.10. The van der Waals surface area contributed by atoms with E-state index in [1.165, 1.54) is 0 Å². The molecule has 0 rings (SSSR count). The van der Waals surface area contributed by atoms with Gasteiger partial charge in [0, 0.05) is 0 Å². The maximum atomic E-state index is 11.0. The molecule has 0 spiro atoms. The molecule has 0 aromatic rings. The SMILES string of the molecule is NC(=O)CNC(=O)NC(CC(=O)O)C(=O)O. The summed E-state index contributed by atoms with van der Waals surface area (Å²) >= 11 is 0. The molecular formula is C7H11N3O6. The first kappa shape index (κ1) is 13.7. The van der Waals surface area contributed by atoms with Crippen molar-refractivity contribution in [2.45, 2.75) is 12.5 Å². The second-order valence-electron chi connectivity index (χ2n) is 2.78. The minimum Gasteiger partial charge on any atom is -0.481 e. The number of urea groups is 1. The summed E-state index contributed by atoms with van der Waals surface area (Å²) in [6, 6.07) is -2.54. The van der Waals surface area contributed by atoms with E-state index in [0.29, 0.717) is 0 Å². The topological polar surface area (TPSA) is 159 Å². The Kier molecular flexibility index (Phi) is 5.32. The third-order valence-corrected chi connectivity index (χ3v) is 1.41. The molecule has 6 N–H and O–H groups in total. The lowest BCUT2D eigenvalue weighted by Crippen LogP contribution is -2.48. The molecule has 0 aromatic carbocycles. The number of carboxylic acid groups (broad SMARTS) is 2. The van der Waals surface area contributed by atoms with Crippen LogP contribution in [0.1, 0.15) is 6.42 Å². The van der Waals surface area contributed by atoms with E-state index >= 15 is 0 Å². The average Bonchev–Trinajstić information content (AvgIpc) is 2.12. The van der Waals surface area contributed by atoms with Gasteiger partial charge in [0.2, 0.25) is 5.91 Å². The molecule has 0 fully saturated rings. The zero-order valence-corrected chi connectivity index (χ0v) is 8.10. The molecule has 1 unspecified atom stereocenters. The van der Waals surface area contributed by atoms with Crippen LogP contribution in [0, 0.1) is 0 Å². The summed E-state index contributed by atoms with van der Waals surface area (Å²) in [6.07, 6.45) is -0.765. The Labute approximate surface area is 89.6 Å². The van der Waals surface area contributed by atoms with E-state index in [-0.39, 0.29) is 0 Å². The number of rotatable bonds is 6. The van der Waals surface area contributed by atoms with Gasteiger partial charge in [0.1, 0.15) is 6.04 Å². The second-order valence-corrected chi connectivity index (χ2v) is 2.78. The third-order valence-electron chi connectivity index (χ3n) is 1.41. The average molecular weight is 233 g/mol. The molecule has 0 aliphatic rings. The van der Waals surface area contributed by atoms with Crippen molar-refractivity contribution in [1.29, 1.82) is 0 Å². The molecule has 0 saturated heterocycles. The highest BCUT2D eigenvalue weighted by Gasteiger charge is 2.22. The van der Waals surface area contributed by atoms with Crippen LogP contribution < -0.4 is 16.4 Å². The zero-order valence-electron chi connectivity index (χ0n) is 8.10. The number of nitrogens with one attached hydrogen (secondary N) is 2. The Morgan fingerprint density at radius 2 is 1.75 bits per heavy atom. The van der Waals surface area contributed by atoms with Crippen molar-refractivity contribution >= 4 is 23.9 Å². The van der Waals surface area contributed by atoms with Crippen LogP contribution in [0.15, 0.2) is 0 Å². The van der Waals surface area contributed by atoms with Crippen molar-refractivity contribution < 1.29 is 29.4 Å². The number of carbonyl (C=O) groups excluding carboxylic acids is 2. The summed E-state index contributed by atoms with van der Waals surface area (Å²) in [4.78, 5) is 42.0. The Morgan fingerprint density at radius 1 is 1.19 bits per heavy atom. The van der Waals surface area contributed by atoms with E-state index in [0.717, 1.165) is 0 Å². The molecule has 0 aliphatic carbocycles. The molecular weight excluding hydrogens is 222 g/mol. The summed E-state index contributed by atoms with van der Waals surface area (Å²) in [6.45, 7) is -0.467. The molecule has 0 aromatic heterocycles. The molecule has 16 heavy (non-hydrogen) atoms. The summed E-state index contributed by atoms with van der Waals surface area (Å²) in [7, 11) is 0. The zero-order chi connectivity index (χ0) is 12.7. The van der Waals surface area contributed by atoms with Crippen LogP contribution in [-0.4, -0.2) is 46.7 Å². The maximum Gasteiger partial charge on any atom is 0.326 e. The smallest absolute Gasteiger partial charge is 0.326 e. The number of primary amides is 1. The predicted octanol–water partition coefficient (Wildman–Crippen LogP) is -2.30. The number of carbonyl (C=O) groups is 4. The summed E-state index contributed by atoms with van der Waals surface area (Å²) < 4.78 is 0. The molecule has 0 aliphatic heterocycles. The molecule has 0 saturated carbocycles. The second kappa shape index (κ2) is 6.22. The number of nitrogens with two attached hydrogens (primary N) is 1. The van der Waals surface area contributed by atoms with E-state index in [1.807, 2.05) is 10.6 Å². The van der Waals surface area contributed by atoms with Crippen molar-refractivity contribution in [2.75, 3.05) is 6.54 Å². The summed E-state index contributed by atoms with van der Waals surface area (Å²) in [5, 5.41) is 20.7. The first-order valence-corrected chi connectivity index (χ1v) is 4.10. The molecule has 1 atom stereocenters. The highest BCUT2D eigenvalue weighted by atomic mass is 16.4. The fourth-order valence-electron chi connectivity index (χ4n) is 0.751. The van der Waals surface area contributed by atoms with Gasteiger partial charge in [-0.15, -0.1) is 0 Å². The van der Waals surface area contributed by atoms with E-state index in [2.05, 4.69) is 0 Å². The summed E-state index contributed by atoms with van der Waals surface area (Å²) in [5.74, 6) is -3.67. The van der Waals surface area contributed by atoms with Crippen molar-refractivity contribution in [3.63, 3.8) is 0 Å². The third kappa shape index (κ3) is 6.18. The van der Waals surface area contributed by atoms with Gasteiger partial charge in [-0.1, -0.05) is 0 Å². The molecule has 90 valence electrons. The molecule has 0 heterocycles. The Balaban J connectivity index is 4.18. The fourth-order valence-corrected chi connectivity index (χ4v) is 0.751. The van der Waals surface area contributed by atoms with Crippen molar-refractivity contribution in [2.24, 2.45) is 5.73 Å². The maximum absolute atomic E-state index is 11.0. The van der Waals surface area contributed by atoms with Gasteiger partial charge < -0.3 is 26.6 Å². The van der Waals surface area contributed by atoms with Crippen molar-refractivity contribution in [1.82, 2.24) is 10.6 Å². The summed E-state index contributed by atoms with van der Waals surface area (Å²) in [5.41, 5.74) is 4.72. The van der Waals surface area contributed by atoms with Gasteiger partial charge in [-0.3, -0.25) is 9.59 Å². The van der Waals surface area contributed by atoms with Crippen LogP contribution in [0.2, 0.25) is 0 Å². The Bertz CT molecular complexity index is 315.